The average molecular weight is 524 g/mol. The zero-order valence-electron chi connectivity index (χ0n) is 20.9. The lowest BCUT2D eigenvalue weighted by Gasteiger charge is -2.20. The second kappa shape index (κ2) is 15.3. The standard InChI is InChI=1S/C22H23N3O2.C7H8OS.H2O.2H2/c1-2-27-18-12-10-17(11-13-18)19-9-6-14-24-21(19)20(25-22(23)26)15-16-7-4-3-5-8-16;1-6-4-2-3-5-7(6)9-8;;;/h3-14,20H,2,15H2,1H3,(H3,23,25,26);2-5,8H,1H3;1H2;2*1H/t20-;;;;/m1..../s1. The van der Waals surface area contributed by atoms with Crippen LogP contribution in [0.1, 0.15) is 32.6 Å². The Balaban J connectivity index is 0.00000103. The molecule has 1 heterocycles. The van der Waals surface area contributed by atoms with Crippen molar-refractivity contribution in [3.8, 4) is 16.9 Å². The Labute approximate surface area is 225 Å². The molecule has 4 rings (SSSR count). The van der Waals surface area contributed by atoms with Gasteiger partial charge in [-0.05, 0) is 61.2 Å². The van der Waals surface area contributed by atoms with E-state index < -0.39 is 6.03 Å². The fourth-order valence-electron chi connectivity index (χ4n) is 3.73. The van der Waals surface area contributed by atoms with Crippen LogP contribution in [-0.2, 0) is 6.42 Å². The number of aromatic nitrogens is 1. The van der Waals surface area contributed by atoms with Gasteiger partial charge in [0.25, 0.3) is 0 Å². The lowest BCUT2D eigenvalue weighted by molar-refractivity contribution is 0.245. The highest BCUT2D eigenvalue weighted by Gasteiger charge is 2.19. The van der Waals surface area contributed by atoms with Crippen molar-refractivity contribution >= 4 is 18.1 Å². The van der Waals surface area contributed by atoms with E-state index >= 15 is 0 Å². The molecule has 2 amide bonds. The first kappa shape index (κ1) is 29.4. The maximum atomic E-state index is 11.6. The van der Waals surface area contributed by atoms with Crippen molar-refractivity contribution in [1.82, 2.24) is 10.3 Å². The van der Waals surface area contributed by atoms with E-state index in [9.17, 15) is 4.79 Å². The zero-order valence-corrected chi connectivity index (χ0v) is 21.7. The Morgan fingerprint density at radius 1 is 1.03 bits per heavy atom. The number of benzene rings is 3. The molecule has 198 valence electrons. The van der Waals surface area contributed by atoms with E-state index in [1.807, 2.05) is 105 Å². The van der Waals surface area contributed by atoms with Crippen LogP contribution < -0.4 is 15.8 Å². The molecule has 0 aliphatic heterocycles. The molecule has 0 saturated heterocycles. The molecule has 0 aliphatic rings. The van der Waals surface area contributed by atoms with Gasteiger partial charge in [-0.1, -0.05) is 66.7 Å². The molecule has 0 bridgehead atoms. The highest BCUT2D eigenvalue weighted by atomic mass is 32.2. The number of primary amides is 1. The van der Waals surface area contributed by atoms with Crippen LogP contribution in [0.3, 0.4) is 0 Å². The molecular formula is C29H37N3O4S. The third-order valence-electron chi connectivity index (χ3n) is 5.44. The summed E-state index contributed by atoms with van der Waals surface area (Å²) in [7, 11) is 0. The topological polar surface area (TPSA) is 129 Å². The smallest absolute Gasteiger partial charge is 0.312 e. The van der Waals surface area contributed by atoms with Crippen LogP contribution in [0.4, 0.5) is 4.79 Å². The first-order valence-electron chi connectivity index (χ1n) is 11.7. The summed E-state index contributed by atoms with van der Waals surface area (Å²) >= 11 is 0.795. The van der Waals surface area contributed by atoms with Crippen molar-refractivity contribution < 1.29 is 22.4 Å². The summed E-state index contributed by atoms with van der Waals surface area (Å²) in [5.41, 5.74) is 10.4. The first-order valence-corrected chi connectivity index (χ1v) is 12.4. The number of urea groups is 1. The molecule has 0 unspecified atom stereocenters. The van der Waals surface area contributed by atoms with Gasteiger partial charge in [0.05, 0.1) is 18.3 Å². The third kappa shape index (κ3) is 8.95. The summed E-state index contributed by atoms with van der Waals surface area (Å²) in [4.78, 5) is 17.1. The van der Waals surface area contributed by atoms with Gasteiger partial charge >= 0.3 is 6.03 Å². The van der Waals surface area contributed by atoms with Crippen LogP contribution >= 0.6 is 12.0 Å². The molecule has 7 nitrogen and oxygen atoms in total. The van der Waals surface area contributed by atoms with Crippen molar-refractivity contribution in [3.63, 3.8) is 0 Å². The van der Waals surface area contributed by atoms with Gasteiger partial charge in [0.1, 0.15) is 5.75 Å². The Morgan fingerprint density at radius 3 is 2.30 bits per heavy atom. The van der Waals surface area contributed by atoms with Crippen molar-refractivity contribution in [2.24, 2.45) is 5.73 Å². The summed E-state index contributed by atoms with van der Waals surface area (Å²) < 4.78 is 14.2. The number of rotatable bonds is 8. The summed E-state index contributed by atoms with van der Waals surface area (Å²) in [6.07, 6.45) is 2.33. The Bertz CT molecular complexity index is 1250. The molecule has 0 aliphatic carbocycles. The molecule has 0 saturated carbocycles. The highest BCUT2D eigenvalue weighted by Crippen LogP contribution is 2.30. The van der Waals surface area contributed by atoms with Gasteiger partial charge in [0.2, 0.25) is 0 Å². The number of amides is 2. The van der Waals surface area contributed by atoms with Gasteiger partial charge in [-0.3, -0.25) is 4.98 Å². The summed E-state index contributed by atoms with van der Waals surface area (Å²) in [5.74, 6) is 0.822. The van der Waals surface area contributed by atoms with Gasteiger partial charge in [-0.15, -0.1) is 0 Å². The molecule has 8 heteroatoms. The van der Waals surface area contributed by atoms with Crippen molar-refractivity contribution in [3.05, 3.63) is 114 Å². The maximum absolute atomic E-state index is 11.6. The van der Waals surface area contributed by atoms with Gasteiger partial charge in [0, 0.05) is 31.6 Å². The lowest BCUT2D eigenvalue weighted by atomic mass is 9.95. The van der Waals surface area contributed by atoms with Crippen LogP contribution in [0.5, 0.6) is 5.75 Å². The van der Waals surface area contributed by atoms with E-state index in [0.29, 0.717) is 13.0 Å². The van der Waals surface area contributed by atoms with Crippen molar-refractivity contribution in [2.45, 2.75) is 31.2 Å². The van der Waals surface area contributed by atoms with Gasteiger partial charge in [-0.2, -0.15) is 0 Å². The van der Waals surface area contributed by atoms with Crippen molar-refractivity contribution in [2.75, 3.05) is 6.61 Å². The number of hydrogen-bond acceptors (Lipinski definition) is 5. The van der Waals surface area contributed by atoms with E-state index in [4.69, 9.17) is 15.0 Å². The normalized spacial score (nSPS) is 10.8. The third-order valence-corrected chi connectivity index (χ3v) is 6.09. The molecule has 0 fully saturated rings. The number of pyridine rings is 1. The molecule has 4 aromatic rings. The Hall–Kier alpha value is -3.85. The van der Waals surface area contributed by atoms with Gasteiger partial charge < -0.3 is 25.8 Å². The second-order valence-electron chi connectivity index (χ2n) is 8.00. The van der Waals surface area contributed by atoms with Crippen LogP contribution in [0, 0.1) is 6.92 Å². The second-order valence-corrected chi connectivity index (χ2v) is 8.62. The molecule has 0 spiro atoms. The molecule has 37 heavy (non-hydrogen) atoms. The number of hydrogen-bond donors (Lipinski definition) is 3. The lowest BCUT2D eigenvalue weighted by Crippen LogP contribution is -2.35. The molecule has 0 radical (unpaired) electrons. The van der Waals surface area contributed by atoms with E-state index in [0.717, 1.165) is 50.6 Å². The van der Waals surface area contributed by atoms with Crippen LogP contribution in [0.2, 0.25) is 0 Å². The largest absolute Gasteiger partial charge is 0.494 e. The Morgan fingerprint density at radius 2 is 1.70 bits per heavy atom. The molecule has 1 aromatic heterocycles. The first-order chi connectivity index (χ1) is 17.5. The summed E-state index contributed by atoms with van der Waals surface area (Å²) in [5, 5.41) is 2.84. The average Bonchev–Trinajstić information content (AvgIpc) is 2.90. The quantitative estimate of drug-likeness (QED) is 0.233. The Kier molecular flexibility index (Phi) is 12.2. The summed E-state index contributed by atoms with van der Waals surface area (Å²) in [6, 6.07) is 28.5. The number of ether oxygens (including phenoxy) is 1. The predicted molar refractivity (Wildman–Crippen MR) is 154 cm³/mol. The highest BCUT2D eigenvalue weighted by molar-refractivity contribution is 7.93. The molecule has 1 atom stereocenters. The van der Waals surface area contributed by atoms with Gasteiger partial charge in [0.15, 0.2) is 0 Å². The number of nitrogens with zero attached hydrogens (tertiary/aromatic N) is 1. The minimum atomic E-state index is -0.570. The maximum Gasteiger partial charge on any atom is 0.312 e. The van der Waals surface area contributed by atoms with E-state index in [1.165, 1.54) is 0 Å². The minimum Gasteiger partial charge on any atom is -0.494 e. The number of aryl methyl sites for hydroxylation is 1. The number of carbonyl (C=O) groups is 1. The fraction of sp³-hybridized carbons (Fsp3) is 0.172. The zero-order chi connectivity index (χ0) is 25.8. The summed E-state index contributed by atoms with van der Waals surface area (Å²) in [6.45, 7) is 4.55. The van der Waals surface area contributed by atoms with Crippen LogP contribution in [-0.4, -0.2) is 27.7 Å². The molecule has 6 N–H and O–H groups in total. The number of nitrogens with one attached hydrogen (secondary N) is 1. The van der Waals surface area contributed by atoms with E-state index in [-0.39, 0.29) is 14.4 Å². The number of carbonyl (C=O) groups excluding carboxylic acids is 1. The molecule has 3 aromatic carbocycles. The number of nitrogens with two attached hydrogens (primary N) is 1. The fourth-order valence-corrected chi connectivity index (χ4v) is 4.08. The monoisotopic (exact) mass is 523 g/mol. The van der Waals surface area contributed by atoms with E-state index in [2.05, 4.69) is 10.3 Å². The van der Waals surface area contributed by atoms with Crippen LogP contribution in [0.15, 0.2) is 102 Å². The van der Waals surface area contributed by atoms with Crippen molar-refractivity contribution in [1.29, 1.82) is 0 Å². The SMILES string of the molecule is CCOc1ccc(-c2cccnc2[C@@H](Cc2ccccc2)NC(N)=O)cc1.Cc1ccccc1SO.O.[HH].[HH]. The minimum absolute atomic E-state index is 0. The van der Waals surface area contributed by atoms with E-state index in [1.54, 1.807) is 6.20 Å². The van der Waals surface area contributed by atoms with Gasteiger partial charge in [-0.25, -0.2) is 4.79 Å². The molecular weight excluding hydrogens is 486 g/mol. The van der Waals surface area contributed by atoms with Crippen LogP contribution in [0.25, 0.3) is 11.1 Å². The predicted octanol–water partition coefficient (Wildman–Crippen LogP) is 6.33.